The molecule has 0 saturated carbocycles. The van der Waals surface area contributed by atoms with Gasteiger partial charge in [0.15, 0.2) is 5.58 Å². The minimum atomic E-state index is -3.72. The molecule has 2 N–H and O–H groups in total. The molecule has 2 aromatic rings. The number of fused-ring (bicyclic) bond motifs is 1. The molecule has 2 aromatic heterocycles. The van der Waals surface area contributed by atoms with Crippen LogP contribution in [0.3, 0.4) is 0 Å². The first-order valence-corrected chi connectivity index (χ1v) is 7.76. The molecule has 1 aliphatic heterocycles. The molecule has 1 fully saturated rings. The van der Waals surface area contributed by atoms with Gasteiger partial charge in [0.05, 0.1) is 6.20 Å². The van der Waals surface area contributed by atoms with Crippen molar-refractivity contribution >= 4 is 27.0 Å². The number of nitrogens with one attached hydrogen (secondary N) is 1. The number of nitrogens with zero attached hydrogens (tertiary/aromatic N) is 2. The Bertz CT molecular complexity index is 792. The first-order chi connectivity index (χ1) is 10.00. The van der Waals surface area contributed by atoms with Gasteiger partial charge in [0.25, 0.3) is 0 Å². The second-order valence-corrected chi connectivity index (χ2v) is 6.53. The lowest BCUT2D eigenvalue weighted by atomic mass is 10.3. The average molecular weight is 311 g/mol. The quantitative estimate of drug-likeness (QED) is 0.827. The molecule has 0 spiro atoms. The minimum absolute atomic E-state index is 0.0295. The summed E-state index contributed by atoms with van der Waals surface area (Å²) in [5.41, 5.74) is 0.142. The van der Waals surface area contributed by atoms with Gasteiger partial charge in [-0.15, -0.1) is 0 Å². The van der Waals surface area contributed by atoms with E-state index < -0.39 is 16.0 Å². The SMILES string of the molecule is O=C(O)c1cc2c(S(=O)(=O)N3CCNCC3)cncc2o1. The molecule has 3 heterocycles. The third kappa shape index (κ3) is 2.39. The maximum absolute atomic E-state index is 12.6. The van der Waals surface area contributed by atoms with Crippen molar-refractivity contribution in [1.29, 1.82) is 0 Å². The summed E-state index contributed by atoms with van der Waals surface area (Å²) in [7, 11) is -3.72. The summed E-state index contributed by atoms with van der Waals surface area (Å²) in [5, 5.41) is 12.3. The third-order valence-corrected chi connectivity index (χ3v) is 5.24. The fraction of sp³-hybridized carbons (Fsp3) is 0.333. The molecule has 0 atom stereocenters. The zero-order valence-corrected chi connectivity index (χ0v) is 11.8. The van der Waals surface area contributed by atoms with E-state index in [0.29, 0.717) is 26.2 Å². The predicted molar refractivity (Wildman–Crippen MR) is 72.6 cm³/mol. The normalized spacial score (nSPS) is 17.1. The Morgan fingerprint density at radius 3 is 2.71 bits per heavy atom. The fourth-order valence-corrected chi connectivity index (χ4v) is 3.84. The number of carbonyl (C=O) groups is 1. The average Bonchev–Trinajstić information content (AvgIpc) is 2.92. The van der Waals surface area contributed by atoms with Gasteiger partial charge in [0.1, 0.15) is 4.90 Å². The topological polar surface area (TPSA) is 113 Å². The molecule has 8 nitrogen and oxygen atoms in total. The van der Waals surface area contributed by atoms with Crippen molar-refractivity contribution in [3.63, 3.8) is 0 Å². The van der Waals surface area contributed by atoms with Crippen LogP contribution in [0, 0.1) is 0 Å². The number of carboxylic acid groups (broad SMARTS) is 1. The molecule has 21 heavy (non-hydrogen) atoms. The van der Waals surface area contributed by atoms with Gasteiger partial charge >= 0.3 is 5.97 Å². The molecule has 0 aromatic carbocycles. The van der Waals surface area contributed by atoms with Crippen molar-refractivity contribution in [3.8, 4) is 0 Å². The molecule has 0 amide bonds. The standard InChI is InChI=1S/C12H13N3O5S/c16-12(17)9-5-8-10(20-9)6-14-7-11(8)21(18,19)15-3-1-13-2-4-15/h5-7,13H,1-4H2,(H,16,17). The molecule has 1 saturated heterocycles. The summed E-state index contributed by atoms with van der Waals surface area (Å²) in [6.07, 6.45) is 2.53. The molecular weight excluding hydrogens is 298 g/mol. The number of rotatable bonds is 3. The Hall–Kier alpha value is -1.97. The lowest BCUT2D eigenvalue weighted by Gasteiger charge is -2.26. The fourth-order valence-electron chi connectivity index (χ4n) is 2.27. The van der Waals surface area contributed by atoms with Crippen LogP contribution in [0.25, 0.3) is 11.0 Å². The number of aromatic carboxylic acids is 1. The number of carboxylic acids is 1. The first-order valence-electron chi connectivity index (χ1n) is 6.32. The van der Waals surface area contributed by atoms with Crippen molar-refractivity contribution in [1.82, 2.24) is 14.6 Å². The molecule has 112 valence electrons. The highest BCUT2D eigenvalue weighted by Gasteiger charge is 2.29. The number of sulfonamides is 1. The van der Waals surface area contributed by atoms with Crippen LogP contribution in [0.4, 0.5) is 0 Å². The molecule has 1 aliphatic rings. The van der Waals surface area contributed by atoms with E-state index in [9.17, 15) is 13.2 Å². The summed E-state index contributed by atoms with van der Waals surface area (Å²) >= 11 is 0. The van der Waals surface area contributed by atoms with E-state index in [1.165, 1.54) is 22.8 Å². The van der Waals surface area contributed by atoms with Gasteiger partial charge in [-0.1, -0.05) is 0 Å². The Kier molecular flexibility index (Phi) is 3.40. The van der Waals surface area contributed by atoms with Crippen LogP contribution in [0.2, 0.25) is 0 Å². The van der Waals surface area contributed by atoms with E-state index in [1.807, 2.05) is 0 Å². The number of hydrogen-bond donors (Lipinski definition) is 2. The largest absolute Gasteiger partial charge is 0.475 e. The smallest absolute Gasteiger partial charge is 0.371 e. The Labute approximate surface area is 120 Å². The third-order valence-electron chi connectivity index (χ3n) is 3.31. The van der Waals surface area contributed by atoms with Crippen LogP contribution in [-0.2, 0) is 10.0 Å². The van der Waals surface area contributed by atoms with E-state index in [0.717, 1.165) is 0 Å². The summed E-state index contributed by atoms with van der Waals surface area (Å²) in [5.74, 6) is -1.56. The molecule has 0 bridgehead atoms. The summed E-state index contributed by atoms with van der Waals surface area (Å²) in [6.45, 7) is 1.88. The van der Waals surface area contributed by atoms with Crippen LogP contribution in [0.5, 0.6) is 0 Å². The molecular formula is C12H13N3O5S. The summed E-state index contributed by atoms with van der Waals surface area (Å²) < 4.78 is 31.7. The lowest BCUT2D eigenvalue weighted by Crippen LogP contribution is -2.46. The van der Waals surface area contributed by atoms with Gasteiger partial charge in [0, 0.05) is 43.8 Å². The van der Waals surface area contributed by atoms with Crippen molar-refractivity contribution < 1.29 is 22.7 Å². The van der Waals surface area contributed by atoms with Gasteiger partial charge in [-0.25, -0.2) is 13.2 Å². The minimum Gasteiger partial charge on any atom is -0.475 e. The van der Waals surface area contributed by atoms with E-state index in [2.05, 4.69) is 10.3 Å². The van der Waals surface area contributed by atoms with Crippen molar-refractivity contribution in [2.75, 3.05) is 26.2 Å². The number of piperazine rings is 1. The van der Waals surface area contributed by atoms with Crippen molar-refractivity contribution in [2.45, 2.75) is 4.90 Å². The van der Waals surface area contributed by atoms with E-state index >= 15 is 0 Å². The highest BCUT2D eigenvalue weighted by molar-refractivity contribution is 7.89. The van der Waals surface area contributed by atoms with Crippen molar-refractivity contribution in [2.24, 2.45) is 0 Å². The molecule has 3 rings (SSSR count). The molecule has 0 radical (unpaired) electrons. The van der Waals surface area contributed by atoms with Crippen LogP contribution < -0.4 is 5.32 Å². The number of furan rings is 1. The molecule has 9 heteroatoms. The van der Waals surface area contributed by atoms with E-state index in [1.54, 1.807) is 0 Å². The first kappa shape index (κ1) is 14.0. The maximum atomic E-state index is 12.6. The number of hydrogen-bond acceptors (Lipinski definition) is 6. The van der Waals surface area contributed by atoms with Gasteiger partial charge in [-0.05, 0) is 0 Å². The second-order valence-electron chi connectivity index (χ2n) is 4.62. The van der Waals surface area contributed by atoms with Crippen molar-refractivity contribution in [3.05, 3.63) is 24.2 Å². The van der Waals surface area contributed by atoms with Crippen LogP contribution in [0.1, 0.15) is 10.6 Å². The van der Waals surface area contributed by atoms with Crippen LogP contribution in [0.15, 0.2) is 27.8 Å². The number of aromatic nitrogens is 1. The van der Waals surface area contributed by atoms with Crippen LogP contribution >= 0.6 is 0 Å². The Balaban J connectivity index is 2.12. The second kappa shape index (κ2) is 5.10. The molecule has 0 unspecified atom stereocenters. The number of pyridine rings is 1. The van der Waals surface area contributed by atoms with Gasteiger partial charge < -0.3 is 14.8 Å². The molecule has 0 aliphatic carbocycles. The van der Waals surface area contributed by atoms with Gasteiger partial charge in [-0.3, -0.25) is 4.98 Å². The highest BCUT2D eigenvalue weighted by Crippen LogP contribution is 2.27. The maximum Gasteiger partial charge on any atom is 0.371 e. The van der Waals surface area contributed by atoms with E-state index in [-0.39, 0.29) is 21.6 Å². The van der Waals surface area contributed by atoms with Crippen LogP contribution in [-0.4, -0.2) is 55.0 Å². The predicted octanol–water partition coefficient (Wildman–Crippen LogP) is 0.120. The zero-order valence-electron chi connectivity index (χ0n) is 10.9. The van der Waals surface area contributed by atoms with Gasteiger partial charge in [0.2, 0.25) is 15.8 Å². The highest BCUT2D eigenvalue weighted by atomic mass is 32.2. The summed E-state index contributed by atoms with van der Waals surface area (Å²) in [6, 6.07) is 1.22. The lowest BCUT2D eigenvalue weighted by molar-refractivity contribution is 0.0665. The monoisotopic (exact) mass is 311 g/mol. The Morgan fingerprint density at radius 2 is 2.05 bits per heavy atom. The summed E-state index contributed by atoms with van der Waals surface area (Å²) in [4.78, 5) is 14.8. The zero-order chi connectivity index (χ0) is 15.0. The Morgan fingerprint density at radius 1 is 1.33 bits per heavy atom. The van der Waals surface area contributed by atoms with Gasteiger partial charge in [-0.2, -0.15) is 4.31 Å². The van der Waals surface area contributed by atoms with E-state index in [4.69, 9.17) is 9.52 Å².